The molecule has 0 bridgehead atoms. The Morgan fingerprint density at radius 1 is 1.16 bits per heavy atom. The summed E-state index contributed by atoms with van der Waals surface area (Å²) in [5, 5.41) is 30.6. The van der Waals surface area contributed by atoms with Gasteiger partial charge in [-0.3, -0.25) is 15.0 Å². The lowest BCUT2D eigenvalue weighted by Crippen LogP contribution is -2.38. The lowest BCUT2D eigenvalue weighted by atomic mass is 9.82. The summed E-state index contributed by atoms with van der Waals surface area (Å²) in [4.78, 5) is 31.1. The van der Waals surface area contributed by atoms with Crippen LogP contribution in [0.5, 0.6) is 6.01 Å². The highest BCUT2D eigenvalue weighted by Crippen LogP contribution is 2.41. The van der Waals surface area contributed by atoms with Gasteiger partial charge in [0.15, 0.2) is 6.23 Å². The van der Waals surface area contributed by atoms with Crippen molar-refractivity contribution >= 4 is 29.1 Å². The molecule has 12 nitrogen and oxygen atoms in total. The number of aromatic nitrogens is 4. The number of nitrogens with zero attached hydrogens (tertiary/aromatic N) is 6. The van der Waals surface area contributed by atoms with Crippen molar-refractivity contribution in [3.8, 4) is 23.3 Å². The number of hydrogen-bond donors (Lipinski definition) is 2. The van der Waals surface area contributed by atoms with Crippen LogP contribution in [0.1, 0.15) is 47.7 Å². The summed E-state index contributed by atoms with van der Waals surface area (Å²) in [5.74, 6) is -2.97. The quantitative estimate of drug-likeness (QED) is 0.105. The number of rotatable bonds is 11. The van der Waals surface area contributed by atoms with E-state index in [1.165, 1.54) is 33.8 Å². The van der Waals surface area contributed by atoms with E-state index in [2.05, 4.69) is 21.5 Å². The topological polar surface area (TPSA) is 146 Å². The van der Waals surface area contributed by atoms with E-state index in [0.29, 0.717) is 27.5 Å². The first-order valence-corrected chi connectivity index (χ1v) is 16.2. The van der Waals surface area contributed by atoms with E-state index in [4.69, 9.17) is 14.7 Å². The van der Waals surface area contributed by atoms with Crippen molar-refractivity contribution < 1.29 is 37.5 Å². The van der Waals surface area contributed by atoms with Crippen LogP contribution in [0.25, 0.3) is 11.3 Å². The molecule has 2 N–H and O–H groups in total. The summed E-state index contributed by atoms with van der Waals surface area (Å²) in [7, 11) is 4.99. The van der Waals surface area contributed by atoms with Gasteiger partial charge in [-0.25, -0.2) is 23.1 Å². The zero-order valence-electron chi connectivity index (χ0n) is 27.8. The van der Waals surface area contributed by atoms with E-state index in [1.807, 2.05) is 0 Å². The van der Waals surface area contributed by atoms with Gasteiger partial charge in [-0.1, -0.05) is 37.3 Å². The zero-order valence-corrected chi connectivity index (χ0v) is 28.6. The Bertz CT molecular complexity index is 2060. The van der Waals surface area contributed by atoms with E-state index in [9.17, 15) is 19.1 Å². The third-order valence-electron chi connectivity index (χ3n) is 7.93. The molecule has 3 aromatic carbocycles. The number of carbonyl (C=O) groups is 2. The number of benzene rings is 3. The molecule has 2 heterocycles. The van der Waals surface area contributed by atoms with Crippen LogP contribution in [-0.2, 0) is 28.7 Å². The number of anilines is 1. The smallest absolute Gasteiger partial charge is 0.442 e. The Labute approximate surface area is 290 Å². The van der Waals surface area contributed by atoms with E-state index in [1.54, 1.807) is 86.9 Å². The van der Waals surface area contributed by atoms with Crippen molar-refractivity contribution in [2.24, 2.45) is 7.05 Å². The monoisotopic (exact) mass is 702 g/mol. The third-order valence-corrected chi connectivity index (χ3v) is 8.96. The van der Waals surface area contributed by atoms with Crippen LogP contribution in [0.3, 0.4) is 0 Å². The molecule has 1 unspecified atom stereocenters. The second-order valence-corrected chi connectivity index (χ2v) is 12.7. The molecule has 0 aliphatic rings. The van der Waals surface area contributed by atoms with Crippen LogP contribution in [0, 0.1) is 23.0 Å². The Hall–Kier alpha value is -5.56. The second kappa shape index (κ2) is 14.9. The second-order valence-electron chi connectivity index (χ2n) is 11.8. The average Bonchev–Trinajstić information content (AvgIpc) is 3.71. The molecule has 0 aliphatic heterocycles. The van der Waals surface area contributed by atoms with Gasteiger partial charge in [0.2, 0.25) is 6.33 Å². The molecule has 0 saturated heterocycles. The molecule has 0 saturated carbocycles. The molecule has 2 aromatic heterocycles. The maximum Gasteiger partial charge on any atom is 0.476 e. The molecule has 0 spiro atoms. The highest BCUT2D eigenvalue weighted by Gasteiger charge is 2.44. The van der Waals surface area contributed by atoms with Crippen molar-refractivity contribution in [3.63, 3.8) is 0 Å². The van der Waals surface area contributed by atoms with E-state index in [-0.39, 0.29) is 18.1 Å². The molecular weight excluding hydrogens is 668 g/mol. The number of carbonyl (C=O) groups excluding carboxylic acids is 2. The van der Waals surface area contributed by atoms with Crippen molar-refractivity contribution in [3.05, 3.63) is 112 Å². The summed E-state index contributed by atoms with van der Waals surface area (Å²) in [6.45, 7) is 2.55. The first-order valence-electron chi connectivity index (χ1n) is 15.3. The average molecular weight is 703 g/mol. The molecule has 5 rings (SSSR count). The number of esters is 1. The summed E-state index contributed by atoms with van der Waals surface area (Å²) < 4.78 is 43.4. The molecule has 3 atom stereocenters. The van der Waals surface area contributed by atoms with Gasteiger partial charge in [0.25, 0.3) is 0 Å². The maximum absolute atomic E-state index is 15.3. The maximum atomic E-state index is 15.3. The number of hydrogen-bond acceptors (Lipinski definition) is 10. The molecule has 5 aromatic rings. The van der Waals surface area contributed by atoms with E-state index < -0.39 is 41.4 Å². The number of ether oxygens (including phenoxy) is 2. The standard InChI is InChI=1S/C35H33F2N7O5S/c1-21(31-39-30(18-50-31)24-12-10-23(17-38)11-13-24)35(47,27-16-25(36)14-15-28(27)37)19-44-20-43(5)33(41-44)49-34(46)40-29-9-7-6-8-26(29)32(42(3)4)48-22(2)45/h6-16,18,20-21,32,47H,19H2,1-5H3/p+1/t21-,32?,35+/m0/s1. The fourth-order valence-electron chi connectivity index (χ4n) is 5.34. The highest BCUT2D eigenvalue weighted by atomic mass is 32.1. The largest absolute Gasteiger partial charge is 0.476 e. The third kappa shape index (κ3) is 7.84. The van der Waals surface area contributed by atoms with Crippen molar-refractivity contribution in [2.45, 2.75) is 38.1 Å². The van der Waals surface area contributed by atoms with Gasteiger partial charge in [0.1, 0.15) is 23.8 Å². The Morgan fingerprint density at radius 3 is 2.56 bits per heavy atom. The molecule has 50 heavy (non-hydrogen) atoms. The number of aryl methyl sites for hydroxylation is 1. The normalized spacial score (nSPS) is 13.6. The van der Waals surface area contributed by atoms with Gasteiger partial charge in [-0.05, 0) is 50.5 Å². The number of aliphatic hydroxyl groups is 1. The zero-order chi connectivity index (χ0) is 36.2. The first kappa shape index (κ1) is 35.7. The molecule has 0 radical (unpaired) electrons. The van der Waals surface area contributed by atoms with Gasteiger partial charge >= 0.3 is 18.1 Å². The number of amides is 1. The fourth-order valence-corrected chi connectivity index (χ4v) is 6.31. The summed E-state index contributed by atoms with van der Waals surface area (Å²) in [5.41, 5.74) is 0.253. The van der Waals surface area contributed by atoms with Crippen LogP contribution in [0.4, 0.5) is 19.3 Å². The van der Waals surface area contributed by atoms with Gasteiger partial charge < -0.3 is 14.6 Å². The Kier molecular flexibility index (Phi) is 10.7. The summed E-state index contributed by atoms with van der Waals surface area (Å²) >= 11 is 1.23. The van der Waals surface area contributed by atoms with Crippen molar-refractivity contribution in [1.29, 1.82) is 5.26 Å². The SMILES string of the molecule is CC(=O)OC(c1ccccc1NC(=O)Oc1nn(C[C@](O)(c2cc(F)ccc2F)[C@@H](C)c2nc(-c3ccc(C#N)cc3)cs2)c[n+]1C)N(C)C. The molecule has 0 aliphatic carbocycles. The summed E-state index contributed by atoms with van der Waals surface area (Å²) in [6.07, 6.45) is -0.269. The Balaban J connectivity index is 1.41. The molecule has 258 valence electrons. The lowest BCUT2D eigenvalue weighted by molar-refractivity contribution is -0.676. The molecule has 1 amide bonds. The van der Waals surface area contributed by atoms with Crippen LogP contribution in [0.2, 0.25) is 0 Å². The minimum Gasteiger partial charge on any atom is -0.442 e. The fraction of sp³-hybridized carbons (Fsp3) is 0.257. The minimum atomic E-state index is -2.08. The molecule has 15 heteroatoms. The van der Waals surface area contributed by atoms with Crippen molar-refractivity contribution in [1.82, 2.24) is 19.7 Å². The van der Waals surface area contributed by atoms with Crippen LogP contribution in [-0.4, -0.2) is 50.9 Å². The van der Waals surface area contributed by atoms with Gasteiger partial charge in [0, 0.05) is 34.9 Å². The van der Waals surface area contributed by atoms with Crippen molar-refractivity contribution in [2.75, 3.05) is 19.4 Å². The van der Waals surface area contributed by atoms with Crippen LogP contribution in [0.15, 0.2) is 78.4 Å². The van der Waals surface area contributed by atoms with E-state index in [0.717, 1.165) is 23.8 Å². The Morgan fingerprint density at radius 2 is 1.88 bits per heavy atom. The minimum absolute atomic E-state index is 0.170. The first-order chi connectivity index (χ1) is 23.8. The number of halogens is 2. The number of nitriles is 1. The summed E-state index contributed by atoms with van der Waals surface area (Å²) in [6, 6.07) is 18.3. The highest BCUT2D eigenvalue weighted by molar-refractivity contribution is 7.10. The van der Waals surface area contributed by atoms with Gasteiger partial charge in [-0.15, -0.1) is 16.0 Å². The van der Waals surface area contributed by atoms with Gasteiger partial charge in [0.05, 0.1) is 40.2 Å². The van der Waals surface area contributed by atoms with Gasteiger partial charge in [-0.2, -0.15) is 5.26 Å². The lowest BCUT2D eigenvalue weighted by Gasteiger charge is -2.32. The molecular formula is C35H34F2N7O5S+. The van der Waals surface area contributed by atoms with E-state index >= 15 is 4.39 Å². The van der Waals surface area contributed by atoms with Crippen LogP contribution < -0.4 is 14.6 Å². The molecule has 0 fully saturated rings. The van der Waals surface area contributed by atoms with Crippen LogP contribution >= 0.6 is 11.3 Å². The number of nitrogens with one attached hydrogen (secondary N) is 1. The number of para-hydroxylation sites is 1. The predicted molar refractivity (Wildman–Crippen MR) is 179 cm³/mol. The predicted octanol–water partition coefficient (Wildman–Crippen LogP) is 5.41. The number of thiazole rings is 1.